The summed E-state index contributed by atoms with van der Waals surface area (Å²) in [5, 5.41) is 2.98. The van der Waals surface area contributed by atoms with Crippen molar-refractivity contribution in [2.75, 3.05) is 11.9 Å². The van der Waals surface area contributed by atoms with Crippen LogP contribution in [-0.2, 0) is 6.42 Å². The molecule has 2 aromatic rings. The highest BCUT2D eigenvalue weighted by Gasteiger charge is 1.96. The predicted octanol–water partition coefficient (Wildman–Crippen LogP) is 0.113. The monoisotopic (exact) mass is 232 g/mol. The highest BCUT2D eigenvalue weighted by molar-refractivity contribution is 5.31. The Balaban J connectivity index is 1.94. The van der Waals surface area contributed by atoms with Crippen LogP contribution in [0.2, 0.25) is 0 Å². The van der Waals surface area contributed by atoms with Gasteiger partial charge in [0.1, 0.15) is 5.82 Å². The molecule has 88 valence electrons. The zero-order valence-corrected chi connectivity index (χ0v) is 9.06. The van der Waals surface area contributed by atoms with Crippen molar-refractivity contribution >= 4 is 5.82 Å². The molecule has 0 aliphatic rings. The van der Waals surface area contributed by atoms with Gasteiger partial charge in [0.05, 0.1) is 0 Å². The van der Waals surface area contributed by atoms with Crippen LogP contribution in [0.5, 0.6) is 0 Å². The fraction of sp³-hybridized carbons (Fsp3) is 0.182. The van der Waals surface area contributed by atoms with Crippen LogP contribution in [-0.4, -0.2) is 21.5 Å². The first-order valence-electron chi connectivity index (χ1n) is 5.20. The van der Waals surface area contributed by atoms with Crippen LogP contribution in [0.25, 0.3) is 0 Å². The molecule has 0 unspecified atom stereocenters. The van der Waals surface area contributed by atoms with Gasteiger partial charge >= 0.3 is 5.69 Å². The van der Waals surface area contributed by atoms with Gasteiger partial charge in [0.25, 0.3) is 5.56 Å². The van der Waals surface area contributed by atoms with Crippen LogP contribution < -0.4 is 16.6 Å². The van der Waals surface area contributed by atoms with Gasteiger partial charge in [0.15, 0.2) is 0 Å². The molecular weight excluding hydrogens is 220 g/mol. The van der Waals surface area contributed by atoms with Crippen LogP contribution in [0.4, 0.5) is 5.82 Å². The minimum atomic E-state index is -0.510. The summed E-state index contributed by atoms with van der Waals surface area (Å²) in [5.41, 5.74) is 0.212. The Kier molecular flexibility index (Phi) is 3.34. The van der Waals surface area contributed by atoms with Gasteiger partial charge in [0, 0.05) is 25.0 Å². The minimum absolute atomic E-state index is 0.417. The molecule has 0 saturated carbocycles. The third-order valence-corrected chi connectivity index (χ3v) is 2.24. The number of aromatic amines is 2. The van der Waals surface area contributed by atoms with Crippen molar-refractivity contribution < 1.29 is 0 Å². The molecule has 0 radical (unpaired) electrons. The summed E-state index contributed by atoms with van der Waals surface area (Å²) in [6, 6.07) is 5.15. The molecule has 2 aromatic heterocycles. The molecular formula is C11H12N4O2. The molecule has 0 fully saturated rings. The van der Waals surface area contributed by atoms with E-state index in [1.165, 1.54) is 6.07 Å². The average Bonchev–Trinajstić information content (AvgIpc) is 2.29. The summed E-state index contributed by atoms with van der Waals surface area (Å²) < 4.78 is 0. The Morgan fingerprint density at radius 1 is 1.18 bits per heavy atom. The molecule has 3 N–H and O–H groups in total. The number of rotatable bonds is 4. The molecule has 17 heavy (non-hydrogen) atoms. The van der Waals surface area contributed by atoms with Crippen molar-refractivity contribution in [2.24, 2.45) is 0 Å². The van der Waals surface area contributed by atoms with E-state index in [1.807, 2.05) is 12.1 Å². The second-order valence-corrected chi connectivity index (χ2v) is 3.53. The molecule has 0 aliphatic heterocycles. The van der Waals surface area contributed by atoms with Gasteiger partial charge in [-0.05, 0) is 24.1 Å². The molecule has 0 aromatic carbocycles. The van der Waals surface area contributed by atoms with E-state index in [1.54, 1.807) is 12.4 Å². The largest absolute Gasteiger partial charge is 0.371 e. The summed E-state index contributed by atoms with van der Waals surface area (Å²) in [7, 11) is 0. The van der Waals surface area contributed by atoms with E-state index < -0.39 is 11.2 Å². The fourth-order valence-electron chi connectivity index (χ4n) is 1.45. The highest BCUT2D eigenvalue weighted by atomic mass is 16.2. The third kappa shape index (κ3) is 3.30. The summed E-state index contributed by atoms with van der Waals surface area (Å²) in [5.74, 6) is 0.424. The maximum atomic E-state index is 11.0. The normalized spacial score (nSPS) is 10.1. The second-order valence-electron chi connectivity index (χ2n) is 3.53. The second kappa shape index (κ2) is 5.11. The summed E-state index contributed by atoms with van der Waals surface area (Å²) in [6.45, 7) is 0.628. The van der Waals surface area contributed by atoms with Crippen molar-refractivity contribution in [3.8, 4) is 0 Å². The number of anilines is 1. The Morgan fingerprint density at radius 2 is 1.94 bits per heavy atom. The van der Waals surface area contributed by atoms with E-state index in [-0.39, 0.29) is 0 Å². The van der Waals surface area contributed by atoms with Crippen molar-refractivity contribution in [1.29, 1.82) is 0 Å². The number of hydrogen-bond donors (Lipinski definition) is 3. The number of hydrogen-bond acceptors (Lipinski definition) is 4. The Labute approximate surface area is 96.8 Å². The fourth-order valence-corrected chi connectivity index (χ4v) is 1.45. The van der Waals surface area contributed by atoms with Gasteiger partial charge < -0.3 is 5.32 Å². The molecule has 0 aliphatic carbocycles. The van der Waals surface area contributed by atoms with Crippen LogP contribution >= 0.6 is 0 Å². The molecule has 0 atom stereocenters. The Hall–Kier alpha value is -2.37. The van der Waals surface area contributed by atoms with E-state index >= 15 is 0 Å². The van der Waals surface area contributed by atoms with Gasteiger partial charge in [0.2, 0.25) is 0 Å². The zero-order chi connectivity index (χ0) is 12.1. The lowest BCUT2D eigenvalue weighted by molar-refractivity contribution is 0.971. The number of aromatic nitrogens is 3. The Bertz CT molecular complexity index is 560. The van der Waals surface area contributed by atoms with Crippen molar-refractivity contribution in [3.63, 3.8) is 0 Å². The number of pyridine rings is 1. The lowest BCUT2D eigenvalue weighted by Gasteiger charge is -2.04. The van der Waals surface area contributed by atoms with Crippen molar-refractivity contribution in [2.45, 2.75) is 6.42 Å². The van der Waals surface area contributed by atoms with Crippen LogP contribution in [0.3, 0.4) is 0 Å². The lowest BCUT2D eigenvalue weighted by atomic mass is 10.2. The molecule has 2 rings (SSSR count). The van der Waals surface area contributed by atoms with Crippen LogP contribution in [0.1, 0.15) is 5.56 Å². The smallest absolute Gasteiger partial charge is 0.327 e. The number of H-pyrrole nitrogens is 2. The SMILES string of the molecule is O=c1cc(NCCc2ccncc2)[nH]c(=O)[nH]1. The molecule has 0 saturated heterocycles. The maximum absolute atomic E-state index is 11.0. The van der Waals surface area contributed by atoms with Gasteiger partial charge in [-0.3, -0.25) is 19.7 Å². The molecule has 6 heteroatoms. The van der Waals surface area contributed by atoms with Crippen LogP contribution in [0.15, 0.2) is 40.2 Å². The lowest BCUT2D eigenvalue weighted by Crippen LogP contribution is -2.23. The van der Waals surface area contributed by atoms with E-state index in [9.17, 15) is 9.59 Å². The quantitative estimate of drug-likeness (QED) is 0.698. The minimum Gasteiger partial charge on any atom is -0.371 e. The maximum Gasteiger partial charge on any atom is 0.327 e. The molecule has 2 heterocycles. The zero-order valence-electron chi connectivity index (χ0n) is 9.06. The topological polar surface area (TPSA) is 90.6 Å². The summed E-state index contributed by atoms with van der Waals surface area (Å²) in [6.07, 6.45) is 4.24. The van der Waals surface area contributed by atoms with E-state index in [0.717, 1.165) is 12.0 Å². The standard InChI is InChI=1S/C11H12N4O2/c16-10-7-9(14-11(17)15-10)13-6-3-8-1-4-12-5-2-8/h1-2,4-5,7H,3,6H2,(H3,13,14,15,16,17). The van der Waals surface area contributed by atoms with Gasteiger partial charge in [-0.25, -0.2) is 4.79 Å². The molecule has 0 spiro atoms. The summed E-state index contributed by atoms with van der Waals surface area (Å²) >= 11 is 0. The molecule has 6 nitrogen and oxygen atoms in total. The Morgan fingerprint density at radius 3 is 2.65 bits per heavy atom. The first-order chi connectivity index (χ1) is 8.24. The molecule has 0 amide bonds. The van der Waals surface area contributed by atoms with Gasteiger partial charge in [-0.1, -0.05) is 0 Å². The first-order valence-corrected chi connectivity index (χ1v) is 5.20. The van der Waals surface area contributed by atoms with Crippen LogP contribution in [0, 0.1) is 0 Å². The number of nitrogens with zero attached hydrogens (tertiary/aromatic N) is 1. The van der Waals surface area contributed by atoms with E-state index in [2.05, 4.69) is 20.3 Å². The van der Waals surface area contributed by atoms with Gasteiger partial charge in [-0.2, -0.15) is 0 Å². The number of nitrogens with one attached hydrogen (secondary N) is 3. The van der Waals surface area contributed by atoms with E-state index in [4.69, 9.17) is 0 Å². The highest BCUT2D eigenvalue weighted by Crippen LogP contribution is 1.99. The summed E-state index contributed by atoms with van der Waals surface area (Å²) in [4.78, 5) is 30.5. The molecule has 0 bridgehead atoms. The first kappa shape index (κ1) is 11.1. The van der Waals surface area contributed by atoms with Crippen molar-refractivity contribution in [3.05, 3.63) is 57.0 Å². The third-order valence-electron chi connectivity index (χ3n) is 2.24. The average molecular weight is 232 g/mol. The van der Waals surface area contributed by atoms with Gasteiger partial charge in [-0.15, -0.1) is 0 Å². The van der Waals surface area contributed by atoms with E-state index in [0.29, 0.717) is 12.4 Å². The predicted molar refractivity (Wildman–Crippen MR) is 64.1 cm³/mol. The van der Waals surface area contributed by atoms with Crippen molar-refractivity contribution in [1.82, 2.24) is 15.0 Å².